The van der Waals surface area contributed by atoms with Crippen LogP contribution in [0.4, 0.5) is 8.78 Å². The Morgan fingerprint density at radius 2 is 1.12 bits per heavy atom. The van der Waals surface area contributed by atoms with E-state index in [0.717, 1.165) is 31.7 Å². The Kier molecular flexibility index (Phi) is 12.7. The third-order valence-electron chi connectivity index (χ3n) is 7.02. The van der Waals surface area contributed by atoms with Crippen LogP contribution in [0.3, 0.4) is 0 Å². The molecule has 0 heterocycles. The maximum absolute atomic E-state index is 13.0. The van der Waals surface area contributed by atoms with Crippen molar-refractivity contribution in [2.45, 2.75) is 63.3 Å². The van der Waals surface area contributed by atoms with Gasteiger partial charge in [-0.3, -0.25) is 0 Å². The number of aliphatic hydroxyl groups is 1. The fourth-order valence-electron chi connectivity index (χ4n) is 4.40. The van der Waals surface area contributed by atoms with E-state index in [9.17, 15) is 8.78 Å². The molecule has 4 aromatic rings. The lowest BCUT2D eigenvalue weighted by atomic mass is 9.80. The third-order valence-corrected chi connectivity index (χ3v) is 7.02. The molecule has 2 fully saturated rings. The number of hydrogen-bond acceptors (Lipinski definition) is 6. The molecular formula is C34H37BF2O6. The summed E-state index contributed by atoms with van der Waals surface area (Å²) < 4.78 is 42.4. The highest BCUT2D eigenvalue weighted by molar-refractivity contribution is 6.58. The average Bonchev–Trinajstić information content (AvgIpc) is 2.98. The topological polar surface area (TPSA) is 88.4 Å². The first kappa shape index (κ1) is 32.3. The molecule has 4 aromatic carbocycles. The summed E-state index contributed by atoms with van der Waals surface area (Å²) in [5, 5.41) is 26.1. The van der Waals surface area contributed by atoms with Gasteiger partial charge in [-0.15, -0.1) is 0 Å². The van der Waals surface area contributed by atoms with E-state index in [1.165, 1.54) is 41.5 Å². The first-order valence-electron chi connectivity index (χ1n) is 14.4. The summed E-state index contributed by atoms with van der Waals surface area (Å²) in [5.74, 6) is -0.138. The summed E-state index contributed by atoms with van der Waals surface area (Å²) in [6.07, 6.45) is 3.86. The number of benzene rings is 4. The number of hydrogen-bond donors (Lipinski definition) is 3. The van der Waals surface area contributed by atoms with Crippen molar-refractivity contribution < 1.29 is 38.1 Å². The molecule has 6 rings (SSSR count). The van der Waals surface area contributed by atoms with Gasteiger partial charge in [0.2, 0.25) is 0 Å². The predicted molar refractivity (Wildman–Crippen MR) is 162 cm³/mol. The molecule has 0 atom stereocenters. The summed E-state index contributed by atoms with van der Waals surface area (Å²) >= 11 is 0. The van der Waals surface area contributed by atoms with Crippen molar-refractivity contribution in [3.8, 4) is 5.75 Å². The Balaban J connectivity index is 0.000000159. The van der Waals surface area contributed by atoms with E-state index < -0.39 is 12.9 Å². The second-order valence-electron chi connectivity index (χ2n) is 10.6. The molecule has 43 heavy (non-hydrogen) atoms. The van der Waals surface area contributed by atoms with Crippen molar-refractivity contribution in [3.05, 3.63) is 132 Å². The van der Waals surface area contributed by atoms with Gasteiger partial charge >= 0.3 is 7.12 Å². The Morgan fingerprint density at radius 1 is 0.605 bits per heavy atom. The molecule has 2 aliphatic rings. The van der Waals surface area contributed by atoms with Crippen molar-refractivity contribution in [1.29, 1.82) is 0 Å². The average molecular weight is 590 g/mol. The van der Waals surface area contributed by atoms with Gasteiger partial charge in [-0.2, -0.15) is 0 Å². The molecule has 0 amide bonds. The monoisotopic (exact) mass is 590 g/mol. The number of ether oxygens (including phenoxy) is 3. The highest BCUT2D eigenvalue weighted by Crippen LogP contribution is 2.29. The minimum Gasteiger partial charge on any atom is -0.490 e. The zero-order valence-electron chi connectivity index (χ0n) is 23.8. The van der Waals surface area contributed by atoms with Crippen LogP contribution in [0.2, 0.25) is 0 Å². The minimum atomic E-state index is -1.59. The minimum absolute atomic E-state index is 0.124. The molecule has 0 aromatic heterocycles. The first-order chi connectivity index (χ1) is 20.8. The molecule has 2 aliphatic carbocycles. The van der Waals surface area contributed by atoms with Crippen molar-refractivity contribution >= 4 is 12.6 Å². The van der Waals surface area contributed by atoms with Gasteiger partial charge < -0.3 is 29.4 Å². The van der Waals surface area contributed by atoms with Crippen LogP contribution < -0.4 is 10.2 Å². The standard InChI is InChI=1S/C17H17FO2.C11H14O2.C6H6BFO2/c18-14-7-4-8-15(9-14)20-17-10-16(11-17)19-12-13-5-2-1-3-6-13;12-10-6-11(7-10)13-8-9-4-2-1-3-5-9;8-6-3-1-2-5(4-6)7(9)10/h1-9,16-17H,10-12H2;1-5,10-12H,6-8H2;1-4,9-10H. The molecular weight excluding hydrogens is 553 g/mol. The molecule has 6 nitrogen and oxygen atoms in total. The summed E-state index contributed by atoms with van der Waals surface area (Å²) in [5.41, 5.74) is 2.55. The Labute approximate surface area is 251 Å². The van der Waals surface area contributed by atoms with E-state index in [1.807, 2.05) is 36.4 Å². The van der Waals surface area contributed by atoms with Gasteiger partial charge in [0, 0.05) is 18.9 Å². The van der Waals surface area contributed by atoms with Gasteiger partial charge in [-0.1, -0.05) is 78.9 Å². The van der Waals surface area contributed by atoms with Crippen LogP contribution in [-0.2, 0) is 22.7 Å². The van der Waals surface area contributed by atoms with Crippen LogP contribution >= 0.6 is 0 Å². The molecule has 0 unspecified atom stereocenters. The van der Waals surface area contributed by atoms with Crippen molar-refractivity contribution in [2.24, 2.45) is 0 Å². The fourth-order valence-corrected chi connectivity index (χ4v) is 4.40. The van der Waals surface area contributed by atoms with Crippen LogP contribution in [0, 0.1) is 11.6 Å². The van der Waals surface area contributed by atoms with E-state index in [-0.39, 0.29) is 35.7 Å². The van der Waals surface area contributed by atoms with E-state index in [4.69, 9.17) is 29.4 Å². The molecule has 2 saturated carbocycles. The largest absolute Gasteiger partial charge is 0.490 e. The predicted octanol–water partition coefficient (Wildman–Crippen LogP) is 5.18. The fraction of sp³-hybridized carbons (Fsp3) is 0.294. The molecule has 226 valence electrons. The zero-order chi connectivity index (χ0) is 30.4. The molecule has 0 radical (unpaired) electrons. The lowest BCUT2D eigenvalue weighted by Gasteiger charge is -2.35. The van der Waals surface area contributed by atoms with Gasteiger partial charge in [-0.25, -0.2) is 8.78 Å². The molecule has 0 saturated heterocycles. The van der Waals surface area contributed by atoms with Crippen LogP contribution in [0.25, 0.3) is 0 Å². The van der Waals surface area contributed by atoms with Crippen LogP contribution in [0.1, 0.15) is 36.8 Å². The number of halogens is 2. The van der Waals surface area contributed by atoms with Gasteiger partial charge in [0.15, 0.2) is 0 Å². The molecule has 0 spiro atoms. The highest BCUT2D eigenvalue weighted by Gasteiger charge is 2.31. The van der Waals surface area contributed by atoms with Gasteiger partial charge in [0.05, 0.1) is 31.5 Å². The second-order valence-corrected chi connectivity index (χ2v) is 10.6. The Bertz CT molecular complexity index is 1350. The van der Waals surface area contributed by atoms with E-state index in [1.54, 1.807) is 12.1 Å². The van der Waals surface area contributed by atoms with Crippen molar-refractivity contribution in [1.82, 2.24) is 0 Å². The maximum Gasteiger partial charge on any atom is 0.488 e. The van der Waals surface area contributed by atoms with Crippen LogP contribution in [-0.4, -0.2) is 46.7 Å². The van der Waals surface area contributed by atoms with Crippen molar-refractivity contribution in [2.75, 3.05) is 0 Å². The summed E-state index contributed by atoms with van der Waals surface area (Å²) in [4.78, 5) is 0. The Hall–Kier alpha value is -3.60. The third kappa shape index (κ3) is 11.5. The SMILES string of the molecule is Fc1cccc(OC2CC(OCc3ccccc3)C2)c1.OB(O)c1cccc(F)c1.OC1CC(OCc2ccccc2)C1. The van der Waals surface area contributed by atoms with E-state index in [2.05, 4.69) is 24.3 Å². The Morgan fingerprint density at radius 3 is 1.58 bits per heavy atom. The van der Waals surface area contributed by atoms with E-state index >= 15 is 0 Å². The summed E-state index contributed by atoms with van der Waals surface area (Å²) in [6, 6.07) is 31.7. The molecule has 0 aliphatic heterocycles. The lowest BCUT2D eigenvalue weighted by molar-refractivity contribution is -0.0778. The van der Waals surface area contributed by atoms with E-state index in [0.29, 0.717) is 19.0 Å². The maximum atomic E-state index is 13.0. The zero-order valence-corrected chi connectivity index (χ0v) is 23.8. The number of aliphatic hydroxyl groups excluding tert-OH is 1. The number of rotatable bonds is 9. The summed E-state index contributed by atoms with van der Waals surface area (Å²) in [7, 11) is -1.59. The van der Waals surface area contributed by atoms with Crippen LogP contribution in [0.15, 0.2) is 109 Å². The quantitative estimate of drug-likeness (QED) is 0.233. The van der Waals surface area contributed by atoms with Crippen molar-refractivity contribution in [3.63, 3.8) is 0 Å². The normalized spacial score (nSPS) is 20.2. The van der Waals surface area contributed by atoms with Crippen LogP contribution in [0.5, 0.6) is 5.75 Å². The molecule has 9 heteroatoms. The molecule has 3 N–H and O–H groups in total. The first-order valence-corrected chi connectivity index (χ1v) is 14.4. The van der Waals surface area contributed by atoms with Gasteiger partial charge in [0.25, 0.3) is 0 Å². The summed E-state index contributed by atoms with van der Waals surface area (Å²) in [6.45, 7) is 1.30. The smallest absolute Gasteiger partial charge is 0.488 e. The lowest BCUT2D eigenvalue weighted by Crippen LogP contribution is -2.39. The highest BCUT2D eigenvalue weighted by atomic mass is 19.1. The second kappa shape index (κ2) is 16.9. The molecule has 0 bridgehead atoms. The van der Waals surface area contributed by atoms with Gasteiger partial charge in [-0.05, 0) is 53.7 Å². The van der Waals surface area contributed by atoms with Gasteiger partial charge in [0.1, 0.15) is 23.5 Å².